The molecule has 0 aromatic carbocycles. The van der Waals surface area contributed by atoms with Gasteiger partial charge in [-0.25, -0.2) is 0 Å². The molecule has 2 heterocycles. The molecule has 0 amide bonds. The Morgan fingerprint density at radius 3 is 2.92 bits per heavy atom. The van der Waals surface area contributed by atoms with Crippen LogP contribution in [0.1, 0.15) is 6.42 Å². The summed E-state index contributed by atoms with van der Waals surface area (Å²) in [5.74, 6) is 0. The van der Waals surface area contributed by atoms with E-state index in [4.69, 9.17) is 9.47 Å². The second-order valence-corrected chi connectivity index (χ2v) is 3.39. The van der Waals surface area contributed by atoms with Gasteiger partial charge in [-0.05, 0) is 6.42 Å². The van der Waals surface area contributed by atoms with Gasteiger partial charge in [-0.2, -0.15) is 0 Å². The summed E-state index contributed by atoms with van der Waals surface area (Å²) in [5.41, 5.74) is 0. The number of rotatable bonds is 2. The molecule has 2 rings (SSSR count). The fraction of sp³-hybridized carbons (Fsp3) is 1.00. The summed E-state index contributed by atoms with van der Waals surface area (Å²) in [5, 5.41) is 12.5. The van der Waals surface area contributed by atoms with Crippen molar-refractivity contribution >= 4 is 0 Å². The average Bonchev–Trinajstić information content (AvgIpc) is 2.65. The van der Waals surface area contributed by atoms with Crippen molar-refractivity contribution in [1.29, 1.82) is 0 Å². The first-order chi connectivity index (χ1) is 5.86. The fourth-order valence-corrected chi connectivity index (χ4v) is 1.65. The van der Waals surface area contributed by atoms with E-state index in [9.17, 15) is 5.11 Å². The third-order valence-corrected chi connectivity index (χ3v) is 2.38. The van der Waals surface area contributed by atoms with Gasteiger partial charge in [0.05, 0.1) is 24.9 Å². The fourth-order valence-electron chi connectivity index (χ4n) is 1.65. The van der Waals surface area contributed by atoms with Crippen LogP contribution < -0.4 is 5.32 Å². The molecular weight excluding hydrogens is 158 g/mol. The third-order valence-electron chi connectivity index (χ3n) is 2.38. The van der Waals surface area contributed by atoms with E-state index in [-0.39, 0.29) is 18.3 Å². The molecule has 4 heteroatoms. The summed E-state index contributed by atoms with van der Waals surface area (Å²) in [6.07, 6.45) is 0.787. The summed E-state index contributed by atoms with van der Waals surface area (Å²) in [4.78, 5) is 0. The van der Waals surface area contributed by atoms with Gasteiger partial charge in [-0.3, -0.25) is 0 Å². The zero-order valence-corrected chi connectivity index (χ0v) is 7.03. The SMILES string of the molecule is OC1CNCC1OC1CCOC1. The lowest BCUT2D eigenvalue weighted by molar-refractivity contribution is -0.0539. The zero-order chi connectivity index (χ0) is 8.39. The molecule has 0 spiro atoms. The van der Waals surface area contributed by atoms with Gasteiger partial charge in [0.25, 0.3) is 0 Å². The van der Waals surface area contributed by atoms with Gasteiger partial charge < -0.3 is 19.9 Å². The highest BCUT2D eigenvalue weighted by atomic mass is 16.6. The molecule has 2 fully saturated rings. The minimum atomic E-state index is -0.342. The van der Waals surface area contributed by atoms with Crippen LogP contribution in [0, 0.1) is 0 Å². The minimum Gasteiger partial charge on any atom is -0.389 e. The highest BCUT2D eigenvalue weighted by molar-refractivity contribution is 4.82. The van der Waals surface area contributed by atoms with Crippen molar-refractivity contribution in [2.45, 2.75) is 24.7 Å². The molecule has 2 saturated heterocycles. The molecule has 0 radical (unpaired) electrons. The Bertz CT molecular complexity index is 147. The van der Waals surface area contributed by atoms with Gasteiger partial charge in [0.15, 0.2) is 0 Å². The quantitative estimate of drug-likeness (QED) is 0.569. The molecule has 2 aliphatic rings. The molecule has 2 N–H and O–H groups in total. The molecule has 0 bridgehead atoms. The molecule has 0 aromatic heterocycles. The van der Waals surface area contributed by atoms with Gasteiger partial charge in [-0.1, -0.05) is 0 Å². The molecular formula is C8H15NO3. The lowest BCUT2D eigenvalue weighted by Crippen LogP contribution is -2.31. The first-order valence-corrected chi connectivity index (χ1v) is 4.48. The van der Waals surface area contributed by atoms with Crippen molar-refractivity contribution in [3.8, 4) is 0 Å². The first-order valence-electron chi connectivity index (χ1n) is 4.48. The Hall–Kier alpha value is -0.160. The number of β-amino-alcohol motifs (C(OH)–C–C–N with tert-alkyl or cyclic N) is 1. The normalized spacial score (nSPS) is 42.2. The molecule has 0 aliphatic carbocycles. The van der Waals surface area contributed by atoms with E-state index in [1.54, 1.807) is 0 Å². The highest BCUT2D eigenvalue weighted by Gasteiger charge is 2.29. The maximum Gasteiger partial charge on any atom is 0.0975 e. The Kier molecular flexibility index (Phi) is 2.60. The molecule has 4 nitrogen and oxygen atoms in total. The summed E-state index contributed by atoms with van der Waals surface area (Å²) in [7, 11) is 0. The molecule has 3 atom stereocenters. The standard InChI is InChI=1S/C8H15NO3/c10-7-3-9-4-8(7)12-6-1-2-11-5-6/h6-10H,1-5H2. The largest absolute Gasteiger partial charge is 0.389 e. The van der Waals surface area contributed by atoms with Crippen LogP contribution in [-0.4, -0.2) is 49.7 Å². The smallest absolute Gasteiger partial charge is 0.0975 e. The van der Waals surface area contributed by atoms with Crippen LogP contribution in [0.3, 0.4) is 0 Å². The van der Waals surface area contributed by atoms with Crippen LogP contribution in [0.15, 0.2) is 0 Å². The van der Waals surface area contributed by atoms with E-state index in [1.807, 2.05) is 0 Å². The first kappa shape index (κ1) is 8.44. The summed E-state index contributed by atoms with van der Waals surface area (Å²) >= 11 is 0. The van der Waals surface area contributed by atoms with Crippen molar-refractivity contribution in [3.63, 3.8) is 0 Å². The van der Waals surface area contributed by atoms with E-state index < -0.39 is 0 Å². The van der Waals surface area contributed by atoms with Crippen LogP contribution in [0.25, 0.3) is 0 Å². The van der Waals surface area contributed by atoms with Crippen molar-refractivity contribution in [1.82, 2.24) is 5.32 Å². The van der Waals surface area contributed by atoms with Crippen molar-refractivity contribution in [3.05, 3.63) is 0 Å². The van der Waals surface area contributed by atoms with Gasteiger partial charge in [0.2, 0.25) is 0 Å². The Morgan fingerprint density at radius 1 is 1.42 bits per heavy atom. The van der Waals surface area contributed by atoms with Gasteiger partial charge >= 0.3 is 0 Å². The van der Waals surface area contributed by atoms with Crippen molar-refractivity contribution in [2.24, 2.45) is 0 Å². The topological polar surface area (TPSA) is 50.7 Å². The predicted molar refractivity (Wildman–Crippen MR) is 43.0 cm³/mol. The number of nitrogens with one attached hydrogen (secondary N) is 1. The molecule has 2 aliphatic heterocycles. The highest BCUT2D eigenvalue weighted by Crippen LogP contribution is 2.14. The minimum absolute atomic E-state index is 0.0308. The lowest BCUT2D eigenvalue weighted by Gasteiger charge is -2.18. The molecule has 12 heavy (non-hydrogen) atoms. The van der Waals surface area contributed by atoms with Crippen molar-refractivity contribution in [2.75, 3.05) is 26.3 Å². The summed E-state index contributed by atoms with van der Waals surface area (Å²) < 4.78 is 10.8. The summed E-state index contributed by atoms with van der Waals surface area (Å²) in [6, 6.07) is 0. The number of hydrogen-bond donors (Lipinski definition) is 2. The van der Waals surface area contributed by atoms with Crippen LogP contribution >= 0.6 is 0 Å². The predicted octanol–water partition coefficient (Wildman–Crippen LogP) is -0.875. The molecule has 0 aromatic rings. The number of aliphatic hydroxyl groups is 1. The third kappa shape index (κ3) is 1.77. The van der Waals surface area contributed by atoms with E-state index in [0.29, 0.717) is 13.2 Å². The second-order valence-electron chi connectivity index (χ2n) is 3.39. The number of aliphatic hydroxyl groups excluding tert-OH is 1. The average molecular weight is 173 g/mol. The van der Waals surface area contributed by atoms with Crippen LogP contribution in [0.5, 0.6) is 0 Å². The zero-order valence-electron chi connectivity index (χ0n) is 7.03. The second kappa shape index (κ2) is 3.70. The Morgan fingerprint density at radius 2 is 2.33 bits per heavy atom. The Balaban J connectivity index is 1.77. The summed E-state index contributed by atoms with van der Waals surface area (Å²) in [6.45, 7) is 2.89. The maximum absolute atomic E-state index is 9.42. The van der Waals surface area contributed by atoms with Gasteiger partial charge in [-0.15, -0.1) is 0 Å². The van der Waals surface area contributed by atoms with E-state index >= 15 is 0 Å². The Labute approximate surface area is 71.9 Å². The van der Waals surface area contributed by atoms with Gasteiger partial charge in [0, 0.05) is 19.7 Å². The monoisotopic (exact) mass is 173 g/mol. The van der Waals surface area contributed by atoms with Crippen LogP contribution in [0.4, 0.5) is 0 Å². The number of ether oxygens (including phenoxy) is 2. The molecule has 70 valence electrons. The van der Waals surface area contributed by atoms with E-state index in [2.05, 4.69) is 5.32 Å². The van der Waals surface area contributed by atoms with E-state index in [1.165, 1.54) is 0 Å². The van der Waals surface area contributed by atoms with Gasteiger partial charge in [0.1, 0.15) is 0 Å². The number of hydrogen-bond acceptors (Lipinski definition) is 4. The van der Waals surface area contributed by atoms with E-state index in [0.717, 1.165) is 19.6 Å². The van der Waals surface area contributed by atoms with Crippen LogP contribution in [-0.2, 0) is 9.47 Å². The van der Waals surface area contributed by atoms with Crippen LogP contribution in [0.2, 0.25) is 0 Å². The molecule has 0 saturated carbocycles. The van der Waals surface area contributed by atoms with Crippen molar-refractivity contribution < 1.29 is 14.6 Å². The maximum atomic E-state index is 9.42. The lowest BCUT2D eigenvalue weighted by atomic mass is 10.2. The molecule has 3 unspecified atom stereocenters.